The van der Waals surface area contributed by atoms with E-state index in [1.165, 1.54) is 32.2 Å². The van der Waals surface area contributed by atoms with Gasteiger partial charge < -0.3 is 10.0 Å². The van der Waals surface area contributed by atoms with Gasteiger partial charge in [0.15, 0.2) is 0 Å². The molecule has 4 nitrogen and oxygen atoms in total. The lowest BCUT2D eigenvalue weighted by atomic mass is 10.0. The monoisotopic (exact) mass is 298 g/mol. The van der Waals surface area contributed by atoms with Crippen molar-refractivity contribution < 1.29 is 9.90 Å². The molecule has 1 aliphatic heterocycles. The van der Waals surface area contributed by atoms with Crippen molar-refractivity contribution in [1.82, 2.24) is 9.80 Å². The lowest BCUT2D eigenvalue weighted by Gasteiger charge is -2.34. The van der Waals surface area contributed by atoms with Crippen molar-refractivity contribution >= 4 is 5.78 Å². The zero-order valence-electron chi connectivity index (χ0n) is 14.0. The van der Waals surface area contributed by atoms with Crippen LogP contribution in [0.2, 0.25) is 0 Å². The van der Waals surface area contributed by atoms with E-state index in [2.05, 4.69) is 9.80 Å². The normalized spacial score (nSPS) is 17.5. The molecular weight excluding hydrogens is 264 g/mol. The summed E-state index contributed by atoms with van der Waals surface area (Å²) < 4.78 is 0. The Bertz CT molecular complexity index is 274. The molecule has 0 aromatic heterocycles. The highest BCUT2D eigenvalue weighted by molar-refractivity contribution is 5.80. The summed E-state index contributed by atoms with van der Waals surface area (Å²) in [5.41, 5.74) is 0. The SMILES string of the molecule is CC(C)C(=O)CCCCCCCN1CCN(CCO)CC1. The molecule has 1 N–H and O–H groups in total. The number of Topliss-reactive ketones (excluding diaryl/α,β-unsaturated/α-hetero) is 1. The predicted octanol–water partition coefficient (Wildman–Crippen LogP) is 2.16. The van der Waals surface area contributed by atoms with Crippen LogP contribution in [0.3, 0.4) is 0 Å². The van der Waals surface area contributed by atoms with E-state index in [9.17, 15) is 4.79 Å². The van der Waals surface area contributed by atoms with Crippen molar-refractivity contribution in [3.63, 3.8) is 0 Å². The molecule has 0 aliphatic carbocycles. The van der Waals surface area contributed by atoms with Crippen LogP contribution in [0.15, 0.2) is 0 Å². The van der Waals surface area contributed by atoms with Crippen molar-refractivity contribution in [2.24, 2.45) is 5.92 Å². The van der Waals surface area contributed by atoms with Crippen molar-refractivity contribution in [3.8, 4) is 0 Å². The van der Waals surface area contributed by atoms with Gasteiger partial charge in [0.2, 0.25) is 0 Å². The average molecular weight is 298 g/mol. The predicted molar refractivity (Wildman–Crippen MR) is 87.5 cm³/mol. The van der Waals surface area contributed by atoms with Gasteiger partial charge in [0.25, 0.3) is 0 Å². The summed E-state index contributed by atoms with van der Waals surface area (Å²) in [7, 11) is 0. The van der Waals surface area contributed by atoms with E-state index in [1.54, 1.807) is 0 Å². The Morgan fingerprint density at radius 2 is 1.43 bits per heavy atom. The van der Waals surface area contributed by atoms with Gasteiger partial charge in [-0.3, -0.25) is 9.69 Å². The van der Waals surface area contributed by atoms with Gasteiger partial charge in [0.05, 0.1) is 6.61 Å². The van der Waals surface area contributed by atoms with E-state index < -0.39 is 0 Å². The molecule has 0 unspecified atom stereocenters. The average Bonchev–Trinajstić information content (AvgIpc) is 2.48. The number of ketones is 1. The number of aliphatic hydroxyl groups excluding tert-OH is 1. The Kier molecular flexibility index (Phi) is 9.89. The van der Waals surface area contributed by atoms with Crippen LogP contribution in [0.4, 0.5) is 0 Å². The molecule has 1 rings (SSSR count). The fourth-order valence-corrected chi connectivity index (χ4v) is 2.83. The molecule has 0 spiro atoms. The molecule has 0 aromatic rings. The number of nitrogens with zero attached hydrogens (tertiary/aromatic N) is 2. The van der Waals surface area contributed by atoms with Crippen LogP contribution in [0.5, 0.6) is 0 Å². The third-order valence-corrected chi connectivity index (χ3v) is 4.42. The third kappa shape index (κ3) is 8.54. The molecule has 0 radical (unpaired) electrons. The fraction of sp³-hybridized carbons (Fsp3) is 0.941. The molecule has 21 heavy (non-hydrogen) atoms. The highest BCUT2D eigenvalue weighted by Crippen LogP contribution is 2.10. The Morgan fingerprint density at radius 3 is 2.00 bits per heavy atom. The van der Waals surface area contributed by atoms with Crippen molar-refractivity contribution in [3.05, 3.63) is 0 Å². The molecular formula is C17H34N2O2. The van der Waals surface area contributed by atoms with Crippen LogP contribution in [-0.2, 0) is 4.79 Å². The maximum Gasteiger partial charge on any atom is 0.135 e. The summed E-state index contributed by atoms with van der Waals surface area (Å²) >= 11 is 0. The number of hydrogen-bond acceptors (Lipinski definition) is 4. The quantitative estimate of drug-likeness (QED) is 0.594. The molecule has 0 saturated carbocycles. The molecule has 1 heterocycles. The van der Waals surface area contributed by atoms with Gasteiger partial charge in [-0.25, -0.2) is 0 Å². The number of unbranched alkanes of at least 4 members (excludes halogenated alkanes) is 4. The highest BCUT2D eigenvalue weighted by atomic mass is 16.3. The lowest BCUT2D eigenvalue weighted by Crippen LogP contribution is -2.47. The summed E-state index contributed by atoms with van der Waals surface area (Å²) in [6, 6.07) is 0. The number of carbonyl (C=O) groups excluding carboxylic acids is 1. The first-order valence-corrected chi connectivity index (χ1v) is 8.71. The Balaban J connectivity index is 1.90. The first kappa shape index (κ1) is 18.6. The molecule has 1 saturated heterocycles. The van der Waals surface area contributed by atoms with Gasteiger partial charge >= 0.3 is 0 Å². The molecule has 124 valence electrons. The van der Waals surface area contributed by atoms with Crippen LogP contribution in [0, 0.1) is 5.92 Å². The zero-order chi connectivity index (χ0) is 15.5. The molecule has 0 bridgehead atoms. The Hall–Kier alpha value is -0.450. The summed E-state index contributed by atoms with van der Waals surface area (Å²) in [6.45, 7) is 10.8. The first-order valence-electron chi connectivity index (χ1n) is 8.71. The molecule has 0 aromatic carbocycles. The summed E-state index contributed by atoms with van der Waals surface area (Å²) in [5.74, 6) is 0.616. The second kappa shape index (κ2) is 11.2. The summed E-state index contributed by atoms with van der Waals surface area (Å²) in [4.78, 5) is 16.4. The number of hydrogen-bond donors (Lipinski definition) is 1. The number of β-amino-alcohol motifs (C(OH)–C–C–N with tert-alkyl or cyclic N) is 1. The molecule has 1 aliphatic rings. The number of rotatable bonds is 11. The standard InChI is InChI=1S/C17H34N2O2/c1-16(2)17(21)8-6-4-3-5-7-9-18-10-12-19(13-11-18)14-15-20/h16,20H,3-15H2,1-2H3. The smallest absolute Gasteiger partial charge is 0.135 e. The second-order valence-corrected chi connectivity index (χ2v) is 6.55. The van der Waals surface area contributed by atoms with Gasteiger partial charge in [-0.15, -0.1) is 0 Å². The van der Waals surface area contributed by atoms with Gasteiger partial charge in [-0.2, -0.15) is 0 Å². The van der Waals surface area contributed by atoms with E-state index in [0.29, 0.717) is 5.78 Å². The van der Waals surface area contributed by atoms with Crippen LogP contribution in [-0.4, -0.2) is 66.6 Å². The van der Waals surface area contributed by atoms with E-state index in [4.69, 9.17) is 5.11 Å². The molecule has 0 amide bonds. The maximum atomic E-state index is 11.5. The van der Waals surface area contributed by atoms with E-state index in [-0.39, 0.29) is 12.5 Å². The van der Waals surface area contributed by atoms with Gasteiger partial charge in [0, 0.05) is 45.1 Å². The minimum absolute atomic E-state index is 0.203. The van der Waals surface area contributed by atoms with E-state index in [1.807, 2.05) is 13.8 Å². The first-order chi connectivity index (χ1) is 10.1. The minimum atomic E-state index is 0.203. The topological polar surface area (TPSA) is 43.8 Å². The van der Waals surface area contributed by atoms with Crippen molar-refractivity contribution in [1.29, 1.82) is 0 Å². The lowest BCUT2D eigenvalue weighted by molar-refractivity contribution is -0.122. The van der Waals surface area contributed by atoms with Gasteiger partial charge in [-0.05, 0) is 19.4 Å². The van der Waals surface area contributed by atoms with Crippen LogP contribution < -0.4 is 0 Å². The Morgan fingerprint density at radius 1 is 0.905 bits per heavy atom. The molecule has 4 heteroatoms. The van der Waals surface area contributed by atoms with E-state index in [0.717, 1.165) is 45.6 Å². The van der Waals surface area contributed by atoms with Crippen LogP contribution in [0.25, 0.3) is 0 Å². The van der Waals surface area contributed by atoms with E-state index >= 15 is 0 Å². The number of carbonyl (C=O) groups is 1. The Labute approximate surface area is 130 Å². The van der Waals surface area contributed by atoms with Crippen molar-refractivity contribution in [2.45, 2.75) is 52.4 Å². The largest absolute Gasteiger partial charge is 0.395 e. The number of aliphatic hydroxyl groups is 1. The number of piperazine rings is 1. The zero-order valence-corrected chi connectivity index (χ0v) is 14.0. The molecule has 0 atom stereocenters. The van der Waals surface area contributed by atoms with Crippen LogP contribution in [0.1, 0.15) is 52.4 Å². The third-order valence-electron chi connectivity index (χ3n) is 4.42. The van der Waals surface area contributed by atoms with Gasteiger partial charge in [0.1, 0.15) is 5.78 Å². The summed E-state index contributed by atoms with van der Waals surface area (Å²) in [6.07, 6.45) is 6.85. The highest BCUT2D eigenvalue weighted by Gasteiger charge is 2.15. The molecule has 1 fully saturated rings. The van der Waals surface area contributed by atoms with Crippen molar-refractivity contribution in [2.75, 3.05) is 45.9 Å². The maximum absolute atomic E-state index is 11.5. The minimum Gasteiger partial charge on any atom is -0.395 e. The fourth-order valence-electron chi connectivity index (χ4n) is 2.83. The summed E-state index contributed by atoms with van der Waals surface area (Å²) in [5, 5.41) is 8.92. The van der Waals surface area contributed by atoms with Gasteiger partial charge in [-0.1, -0.05) is 33.1 Å². The second-order valence-electron chi connectivity index (χ2n) is 6.55. The van der Waals surface area contributed by atoms with Crippen LogP contribution >= 0.6 is 0 Å².